The number of H-pyrrole nitrogens is 1. The van der Waals surface area contributed by atoms with Crippen LogP contribution < -0.4 is 16.2 Å². The maximum Gasteiger partial charge on any atom is 0.411 e. The molecule has 3 N–H and O–H groups in total. The van der Waals surface area contributed by atoms with Gasteiger partial charge in [-0.3, -0.25) is 14.9 Å². The van der Waals surface area contributed by atoms with Crippen molar-refractivity contribution in [2.75, 3.05) is 30.8 Å². The summed E-state index contributed by atoms with van der Waals surface area (Å²) in [5.74, 6) is -0.180. The van der Waals surface area contributed by atoms with E-state index in [4.69, 9.17) is 4.74 Å². The van der Waals surface area contributed by atoms with E-state index in [0.29, 0.717) is 27.9 Å². The Balaban J connectivity index is 1.34. The zero-order valence-corrected chi connectivity index (χ0v) is 22.7. The van der Waals surface area contributed by atoms with Gasteiger partial charge >= 0.3 is 6.09 Å². The molecule has 0 aliphatic heterocycles. The molecule has 4 aromatic rings. The lowest BCUT2D eigenvalue weighted by Crippen LogP contribution is -2.32. The fraction of sp³-hybridized carbons (Fsp3) is 0.226. The first-order chi connectivity index (χ1) is 19.2. The number of ether oxygens (including phenoxy) is 1. The maximum absolute atomic E-state index is 12.8. The van der Waals surface area contributed by atoms with Crippen LogP contribution in [0.4, 0.5) is 16.2 Å². The van der Waals surface area contributed by atoms with Gasteiger partial charge in [0.1, 0.15) is 0 Å². The molecular weight excluding hydrogens is 506 g/mol. The van der Waals surface area contributed by atoms with Crippen LogP contribution in [0.1, 0.15) is 35.1 Å². The molecule has 4 rings (SSSR count). The van der Waals surface area contributed by atoms with Crippen molar-refractivity contribution in [1.82, 2.24) is 9.88 Å². The molecule has 2 amide bonds. The van der Waals surface area contributed by atoms with Gasteiger partial charge in [0.15, 0.2) is 0 Å². The monoisotopic (exact) mass is 537 g/mol. The first-order valence-corrected chi connectivity index (χ1v) is 12.9. The Morgan fingerprint density at radius 3 is 2.62 bits per heavy atom. The molecule has 9 heteroatoms. The van der Waals surface area contributed by atoms with Gasteiger partial charge in [0, 0.05) is 42.5 Å². The third-order valence-corrected chi connectivity index (χ3v) is 6.71. The van der Waals surface area contributed by atoms with Gasteiger partial charge in [-0.25, -0.2) is 4.79 Å². The fourth-order valence-corrected chi connectivity index (χ4v) is 4.44. The summed E-state index contributed by atoms with van der Waals surface area (Å²) in [6, 6.07) is 22.1. The number of nitrogens with zero attached hydrogens (tertiary/aromatic N) is 2. The summed E-state index contributed by atoms with van der Waals surface area (Å²) in [6.45, 7) is 4.40. The lowest BCUT2D eigenvalue weighted by Gasteiger charge is -2.19. The van der Waals surface area contributed by atoms with Crippen molar-refractivity contribution >= 4 is 34.1 Å². The Labute approximate surface area is 232 Å². The summed E-state index contributed by atoms with van der Waals surface area (Å²) < 4.78 is 5.43. The molecule has 0 spiro atoms. The van der Waals surface area contributed by atoms with Crippen molar-refractivity contribution in [3.05, 3.63) is 106 Å². The predicted molar refractivity (Wildman–Crippen MR) is 155 cm³/mol. The fourth-order valence-electron chi connectivity index (χ4n) is 4.44. The Hall–Kier alpha value is -5.10. The number of benzene rings is 3. The van der Waals surface area contributed by atoms with E-state index in [0.717, 1.165) is 16.5 Å². The highest BCUT2D eigenvalue weighted by molar-refractivity contribution is 5.87. The van der Waals surface area contributed by atoms with E-state index in [1.54, 1.807) is 49.6 Å². The number of hydrogen-bond acceptors (Lipinski definition) is 6. The molecule has 0 saturated heterocycles. The molecule has 204 valence electrons. The normalized spacial score (nSPS) is 11.3. The second-order valence-corrected chi connectivity index (χ2v) is 9.68. The zero-order valence-electron chi connectivity index (χ0n) is 22.7. The maximum atomic E-state index is 12.8. The minimum atomic E-state index is -0.598. The van der Waals surface area contributed by atoms with E-state index in [-0.39, 0.29) is 37.1 Å². The summed E-state index contributed by atoms with van der Waals surface area (Å²) in [7, 11) is 1.64. The quantitative estimate of drug-likeness (QED) is 0.272. The van der Waals surface area contributed by atoms with Crippen LogP contribution in [0.15, 0.2) is 77.7 Å². The van der Waals surface area contributed by atoms with Gasteiger partial charge in [-0.15, -0.1) is 0 Å². The number of nitriles is 1. The van der Waals surface area contributed by atoms with Crippen LogP contribution in [-0.2, 0) is 16.1 Å². The third kappa shape index (κ3) is 6.85. The first-order valence-electron chi connectivity index (χ1n) is 12.9. The smallest absolute Gasteiger partial charge is 0.411 e. The lowest BCUT2D eigenvalue weighted by atomic mass is 9.97. The van der Waals surface area contributed by atoms with Crippen LogP contribution in [0.3, 0.4) is 0 Å². The first kappa shape index (κ1) is 27.9. The van der Waals surface area contributed by atoms with Gasteiger partial charge in [0.25, 0.3) is 5.56 Å². The van der Waals surface area contributed by atoms with E-state index in [1.165, 1.54) is 4.90 Å². The number of aryl methyl sites for hydroxylation is 1. The van der Waals surface area contributed by atoms with Crippen molar-refractivity contribution in [1.29, 1.82) is 5.26 Å². The average molecular weight is 538 g/mol. The number of fused-ring (bicyclic) bond motifs is 1. The summed E-state index contributed by atoms with van der Waals surface area (Å²) in [4.78, 5) is 41.5. The molecule has 0 aliphatic rings. The van der Waals surface area contributed by atoms with Crippen LogP contribution in [0.25, 0.3) is 10.8 Å². The largest absolute Gasteiger partial charge is 0.449 e. The predicted octanol–water partition coefficient (Wildman–Crippen LogP) is 5.13. The van der Waals surface area contributed by atoms with Crippen molar-refractivity contribution in [2.45, 2.75) is 26.3 Å². The van der Waals surface area contributed by atoms with E-state index in [9.17, 15) is 19.6 Å². The van der Waals surface area contributed by atoms with Crippen LogP contribution in [0.5, 0.6) is 0 Å². The molecule has 1 aromatic heterocycles. The van der Waals surface area contributed by atoms with Gasteiger partial charge in [0.05, 0.1) is 24.8 Å². The van der Waals surface area contributed by atoms with Crippen molar-refractivity contribution < 1.29 is 14.3 Å². The van der Waals surface area contributed by atoms with Gasteiger partial charge in [-0.1, -0.05) is 37.3 Å². The topological polar surface area (TPSA) is 127 Å². The number of rotatable bonds is 9. The second kappa shape index (κ2) is 12.6. The van der Waals surface area contributed by atoms with E-state index in [2.05, 4.69) is 21.7 Å². The number of pyridine rings is 1. The van der Waals surface area contributed by atoms with Crippen LogP contribution in [0, 0.1) is 18.3 Å². The molecule has 1 heterocycles. The van der Waals surface area contributed by atoms with Crippen molar-refractivity contribution in [3.63, 3.8) is 0 Å². The van der Waals surface area contributed by atoms with Crippen LogP contribution in [-0.4, -0.2) is 42.1 Å². The van der Waals surface area contributed by atoms with Crippen LogP contribution >= 0.6 is 0 Å². The molecule has 1 atom stereocenters. The summed E-state index contributed by atoms with van der Waals surface area (Å²) in [5.41, 5.74) is 4.14. The number of carbonyl (C=O) groups is 2. The Kier molecular flexibility index (Phi) is 8.82. The highest BCUT2D eigenvalue weighted by Crippen LogP contribution is 2.21. The molecule has 1 unspecified atom stereocenters. The van der Waals surface area contributed by atoms with E-state index in [1.807, 2.05) is 44.2 Å². The zero-order chi connectivity index (χ0) is 28.6. The number of likely N-dealkylation sites (N-methyl/N-ethyl adjacent to an activating group) is 1. The summed E-state index contributed by atoms with van der Waals surface area (Å²) in [6.07, 6.45) is 0.992. The highest BCUT2D eigenvalue weighted by atomic mass is 16.5. The number of anilines is 2. The molecule has 3 aromatic carbocycles. The number of aromatic nitrogens is 1. The van der Waals surface area contributed by atoms with E-state index >= 15 is 0 Å². The van der Waals surface area contributed by atoms with Gasteiger partial charge in [0.2, 0.25) is 5.91 Å². The Morgan fingerprint density at radius 1 is 1.07 bits per heavy atom. The third-order valence-electron chi connectivity index (χ3n) is 6.71. The minimum Gasteiger partial charge on any atom is -0.449 e. The van der Waals surface area contributed by atoms with Gasteiger partial charge in [-0.2, -0.15) is 5.26 Å². The SMILES string of the molecule is Cc1ccccc1C(C)COC(=O)Nc1ccc(C#N)c(CN(C)C(=O)CNc2ccc3cc[nH]c(=O)c3c2)c1. The molecule has 0 saturated carbocycles. The Bertz CT molecular complexity index is 1640. The van der Waals surface area contributed by atoms with E-state index < -0.39 is 6.09 Å². The second-order valence-electron chi connectivity index (χ2n) is 9.68. The molecule has 0 radical (unpaired) electrons. The number of nitrogens with one attached hydrogen (secondary N) is 3. The lowest BCUT2D eigenvalue weighted by molar-refractivity contribution is -0.128. The molecule has 9 nitrogen and oxygen atoms in total. The van der Waals surface area contributed by atoms with Gasteiger partial charge < -0.3 is 19.9 Å². The number of hydrogen-bond donors (Lipinski definition) is 3. The molecule has 40 heavy (non-hydrogen) atoms. The Morgan fingerprint density at radius 2 is 1.85 bits per heavy atom. The van der Waals surface area contributed by atoms with Gasteiger partial charge in [-0.05, 0) is 65.4 Å². The standard InChI is InChI=1S/C31H31N5O4/c1-20-6-4-5-7-27(20)21(2)19-40-31(39)35-26-11-9-23(16-32)24(14-26)18-36(3)29(37)17-34-25-10-8-22-12-13-33-30(38)28(22)15-25/h4-15,21,34H,17-19H2,1-3H3,(H,33,38)(H,35,39). The van der Waals surface area contributed by atoms with Crippen molar-refractivity contribution in [3.8, 4) is 6.07 Å². The number of carbonyl (C=O) groups excluding carboxylic acids is 2. The number of amides is 2. The van der Waals surface area contributed by atoms with Crippen LogP contribution in [0.2, 0.25) is 0 Å². The number of aromatic amines is 1. The summed E-state index contributed by atoms with van der Waals surface area (Å²) in [5, 5.41) is 16.7. The molecule has 0 fully saturated rings. The summed E-state index contributed by atoms with van der Waals surface area (Å²) >= 11 is 0. The highest BCUT2D eigenvalue weighted by Gasteiger charge is 2.15. The molecule has 0 aliphatic carbocycles. The minimum absolute atomic E-state index is 0.00201. The average Bonchev–Trinajstić information content (AvgIpc) is 2.95. The van der Waals surface area contributed by atoms with Crippen molar-refractivity contribution in [2.24, 2.45) is 0 Å². The molecular formula is C31H31N5O4. The molecule has 0 bridgehead atoms.